The van der Waals surface area contributed by atoms with Crippen LogP contribution >= 0.6 is 0 Å². The molecule has 0 aromatic carbocycles. The number of rotatable bonds is 1. The first-order valence-corrected chi connectivity index (χ1v) is 2.23. The maximum atomic E-state index is 9.78. The van der Waals surface area contributed by atoms with Crippen molar-refractivity contribution in [3.05, 3.63) is 18.4 Å². The van der Waals surface area contributed by atoms with Gasteiger partial charge in [-0.3, -0.25) is 0 Å². The zero-order valence-electron chi connectivity index (χ0n) is 7.28. The zero-order valence-corrected chi connectivity index (χ0v) is 18.2. The van der Waals surface area contributed by atoms with Crippen molar-refractivity contribution in [2.24, 2.45) is 0 Å². The van der Waals surface area contributed by atoms with Crippen molar-refractivity contribution in [2.75, 3.05) is 0 Å². The topological polar surface area (TPSA) is 123 Å². The molecule has 2 radical (unpaired) electrons. The van der Waals surface area contributed by atoms with Gasteiger partial charge in [-0.1, -0.05) is 0 Å². The molecule has 1 aromatic rings. The van der Waals surface area contributed by atoms with E-state index in [1.807, 2.05) is 0 Å². The molecule has 0 saturated heterocycles. The maximum Gasteiger partial charge on any atom is 0.513 e. The summed E-state index contributed by atoms with van der Waals surface area (Å²) >= 11 is 0. The van der Waals surface area contributed by atoms with Crippen LogP contribution in [0, 0.1) is 118 Å². The SMILES string of the molecule is O.O.O=C(O)Oc1ccco1.[Ce].[Cu].[La].[Nd]. The fourth-order valence-electron chi connectivity index (χ4n) is 0.408. The van der Waals surface area contributed by atoms with E-state index in [9.17, 15) is 4.79 Å². The molecule has 86 valence electrons. The summed E-state index contributed by atoms with van der Waals surface area (Å²) in [5.74, 6) is -0.0116. The maximum absolute atomic E-state index is 9.78. The average Bonchev–Trinajstić information content (AvgIpc) is 2.15. The molecule has 0 saturated carbocycles. The summed E-state index contributed by atoms with van der Waals surface area (Å²) in [5, 5.41) is 8.00. The third-order valence-corrected chi connectivity index (χ3v) is 0.683. The predicted octanol–water partition coefficient (Wildman–Crippen LogP) is -0.316. The summed E-state index contributed by atoms with van der Waals surface area (Å²) in [6.45, 7) is 0. The Morgan fingerprint density at radius 3 is 2.13 bits per heavy atom. The predicted molar refractivity (Wildman–Crippen MR) is 34.6 cm³/mol. The number of ether oxygens (including phenoxy) is 1. The van der Waals surface area contributed by atoms with E-state index in [4.69, 9.17) is 5.11 Å². The van der Waals surface area contributed by atoms with Crippen molar-refractivity contribution in [2.45, 2.75) is 0 Å². The Morgan fingerprint density at radius 1 is 1.40 bits per heavy atom. The van der Waals surface area contributed by atoms with Gasteiger partial charge in [-0.05, 0) is 6.07 Å². The van der Waals surface area contributed by atoms with Crippen molar-refractivity contribution >= 4 is 6.16 Å². The Bertz CT molecular complexity index is 211. The molecule has 1 heterocycles. The van der Waals surface area contributed by atoms with Crippen LogP contribution < -0.4 is 4.74 Å². The van der Waals surface area contributed by atoms with Gasteiger partial charge in [-0.25, -0.2) is 4.79 Å². The van der Waals surface area contributed by atoms with Gasteiger partial charge in [0.1, 0.15) is 0 Å². The van der Waals surface area contributed by atoms with Crippen LogP contribution in [0.1, 0.15) is 0 Å². The summed E-state index contributed by atoms with van der Waals surface area (Å²) in [4.78, 5) is 9.78. The van der Waals surface area contributed by atoms with Gasteiger partial charge in [0.25, 0.3) is 5.95 Å². The molecule has 0 unspecified atom stereocenters. The first-order valence-electron chi connectivity index (χ1n) is 2.23. The van der Waals surface area contributed by atoms with Crippen molar-refractivity contribution in [3.63, 3.8) is 0 Å². The Labute approximate surface area is 191 Å². The Morgan fingerprint density at radius 2 is 1.87 bits per heavy atom. The summed E-state index contributed by atoms with van der Waals surface area (Å²) in [6.07, 6.45) is -0.0388. The molecule has 0 fully saturated rings. The van der Waals surface area contributed by atoms with Crippen LogP contribution in [0.2, 0.25) is 0 Å². The standard InChI is InChI=1S/C5H4O4.Ce.Cu.La.Nd.2H2O/c6-5(7)9-4-2-1-3-8-4;;;;;;/h1-3H,(H,6,7);;;;;2*1H2. The van der Waals surface area contributed by atoms with Crippen LogP contribution in [0.25, 0.3) is 0 Å². The third kappa shape index (κ3) is 19.4. The van der Waals surface area contributed by atoms with Gasteiger partial charge >= 0.3 is 6.16 Å². The average molecular weight is 651 g/mol. The van der Waals surface area contributed by atoms with Gasteiger partial charge in [0.15, 0.2) is 0 Å². The first-order chi connectivity index (χ1) is 4.29. The fourth-order valence-corrected chi connectivity index (χ4v) is 0.408. The molecule has 0 amide bonds. The molecular formula is C5H8CeCuLaNdO6. The van der Waals surface area contributed by atoms with Crippen molar-refractivity contribution in [1.82, 2.24) is 0 Å². The molecule has 6 nitrogen and oxygen atoms in total. The molecule has 0 aliphatic rings. The normalized spacial score (nSPS) is 5.33. The van der Waals surface area contributed by atoms with Crippen LogP contribution in [0.5, 0.6) is 5.95 Å². The van der Waals surface area contributed by atoms with Crippen molar-refractivity contribution in [3.8, 4) is 5.95 Å². The van der Waals surface area contributed by atoms with E-state index in [1.165, 1.54) is 18.4 Å². The molecule has 15 heavy (non-hydrogen) atoms. The molecule has 1 rings (SSSR count). The second-order valence-corrected chi connectivity index (χ2v) is 1.30. The molecule has 5 N–H and O–H groups in total. The second kappa shape index (κ2) is 22.1. The van der Waals surface area contributed by atoms with E-state index in [2.05, 4.69) is 9.15 Å². The number of furan rings is 1. The number of hydrogen-bond donors (Lipinski definition) is 1. The van der Waals surface area contributed by atoms with Gasteiger partial charge in [0.05, 0.1) is 6.26 Å². The zero-order chi connectivity index (χ0) is 6.69. The summed E-state index contributed by atoms with van der Waals surface area (Å²) in [7, 11) is 0. The molecule has 0 bridgehead atoms. The smallest absolute Gasteiger partial charge is 0.449 e. The largest absolute Gasteiger partial charge is 0.513 e. The van der Waals surface area contributed by atoms with Crippen LogP contribution in [0.15, 0.2) is 22.8 Å². The van der Waals surface area contributed by atoms with Gasteiger partial charge in [0, 0.05) is 141 Å². The van der Waals surface area contributed by atoms with Gasteiger partial charge in [-0.2, -0.15) is 0 Å². The quantitative estimate of drug-likeness (QED) is 0.331. The molecular weight excluding hydrogens is 643 g/mol. The molecule has 0 spiro atoms. The second-order valence-electron chi connectivity index (χ2n) is 1.30. The minimum atomic E-state index is -1.37. The van der Waals surface area contributed by atoms with E-state index < -0.39 is 6.16 Å². The number of carbonyl (C=O) groups is 1. The molecule has 0 aliphatic carbocycles. The molecule has 1 aromatic heterocycles. The summed E-state index contributed by atoms with van der Waals surface area (Å²) in [5.41, 5.74) is 0. The van der Waals surface area contributed by atoms with Crippen LogP contribution in [-0.4, -0.2) is 22.2 Å². The number of carboxylic acid groups (broad SMARTS) is 1. The monoisotopic (exact) mass is 648 g/mol. The van der Waals surface area contributed by atoms with E-state index in [0.29, 0.717) is 0 Å². The Kier molecular flexibility index (Phi) is 53.3. The minimum absolute atomic E-state index is 0. The van der Waals surface area contributed by atoms with Gasteiger partial charge in [0.2, 0.25) is 0 Å². The molecule has 0 atom stereocenters. The van der Waals surface area contributed by atoms with Crippen molar-refractivity contribution in [1.29, 1.82) is 0 Å². The first kappa shape index (κ1) is 36.1. The molecule has 10 heteroatoms. The van der Waals surface area contributed by atoms with Crippen LogP contribution in [-0.2, 0) is 17.1 Å². The van der Waals surface area contributed by atoms with E-state index in [-0.39, 0.29) is 152 Å². The van der Waals surface area contributed by atoms with E-state index in [1.54, 1.807) is 0 Å². The molecule has 0 aliphatic heterocycles. The van der Waals surface area contributed by atoms with Gasteiger partial charge < -0.3 is 25.2 Å². The Balaban J connectivity index is -0.0000000337. The van der Waals surface area contributed by atoms with Crippen LogP contribution in [0.4, 0.5) is 4.79 Å². The van der Waals surface area contributed by atoms with E-state index >= 15 is 0 Å². The summed E-state index contributed by atoms with van der Waals surface area (Å²) in [6, 6.07) is 2.95. The van der Waals surface area contributed by atoms with Crippen LogP contribution in [0.3, 0.4) is 0 Å². The van der Waals surface area contributed by atoms with Crippen molar-refractivity contribution < 1.29 is 165 Å². The fraction of sp³-hybridized carbons (Fsp3) is 0. The summed E-state index contributed by atoms with van der Waals surface area (Å²) < 4.78 is 8.65. The third-order valence-electron chi connectivity index (χ3n) is 0.683. The minimum Gasteiger partial charge on any atom is -0.449 e. The van der Waals surface area contributed by atoms with Gasteiger partial charge in [-0.15, -0.1) is 0 Å². The Hall–Kier alpha value is 2.91. The number of hydrogen-bond acceptors (Lipinski definition) is 3. The van der Waals surface area contributed by atoms with E-state index in [0.717, 1.165) is 0 Å².